The lowest BCUT2D eigenvalue weighted by Gasteiger charge is -2.04. The standard InChI is InChI=1S/C14H14.C10H14.2C8H10.C7H8/c1-11-3-7-13(8-4-11)14-9-5-12(2)6-10-14;1-8(2)10-6-4-5-9(3)7-10;1-7-4-3-5-8(2)6-7;1-2-8-6-4-3-5-7-8;1-7-5-3-2-4-6-7/h3-10H,1-2H3;4-8H,1-3H3;3-6H,1-2H3;3-7H,2H2,1H3;2-6H,1H3. The van der Waals surface area contributed by atoms with Crippen LogP contribution in [0.5, 0.6) is 0 Å². The van der Waals surface area contributed by atoms with Crippen LogP contribution in [0.2, 0.25) is 0 Å². The Morgan fingerprint density at radius 2 is 0.723 bits per heavy atom. The predicted octanol–water partition coefficient (Wildman–Crippen LogP) is 13.6. The third-order valence-electron chi connectivity index (χ3n) is 7.51. The molecular formula is C47H56. The van der Waals surface area contributed by atoms with Crippen molar-refractivity contribution < 1.29 is 0 Å². The van der Waals surface area contributed by atoms with Crippen molar-refractivity contribution in [3.63, 3.8) is 0 Å². The fourth-order valence-corrected chi connectivity index (χ4v) is 4.58. The summed E-state index contributed by atoms with van der Waals surface area (Å²) in [6.07, 6.45) is 1.14. The zero-order valence-corrected chi connectivity index (χ0v) is 30.3. The summed E-state index contributed by atoms with van der Waals surface area (Å²) in [5.41, 5.74) is 13.4. The molecule has 6 aromatic carbocycles. The molecule has 0 aromatic heterocycles. The first kappa shape index (κ1) is 38.5. The van der Waals surface area contributed by atoms with Crippen LogP contribution in [0.1, 0.15) is 71.2 Å². The second-order valence-electron chi connectivity index (χ2n) is 12.5. The van der Waals surface area contributed by atoms with E-state index in [0.29, 0.717) is 5.92 Å². The van der Waals surface area contributed by atoms with Gasteiger partial charge in [0.2, 0.25) is 0 Å². The lowest BCUT2D eigenvalue weighted by molar-refractivity contribution is 0.865. The molecule has 0 fully saturated rings. The molecule has 0 aliphatic rings. The van der Waals surface area contributed by atoms with Crippen LogP contribution in [0.25, 0.3) is 11.1 Å². The van der Waals surface area contributed by atoms with Crippen LogP contribution in [0.3, 0.4) is 0 Å². The van der Waals surface area contributed by atoms with Gasteiger partial charge >= 0.3 is 0 Å². The molecule has 0 aliphatic carbocycles. The Kier molecular flexibility index (Phi) is 18.0. The van der Waals surface area contributed by atoms with Crippen LogP contribution in [0, 0.1) is 41.5 Å². The maximum atomic E-state index is 2.24. The number of hydrogen-bond acceptors (Lipinski definition) is 0. The Bertz CT molecular complexity index is 1580. The van der Waals surface area contributed by atoms with Gasteiger partial charge in [-0.05, 0) is 76.1 Å². The third kappa shape index (κ3) is 17.0. The minimum absolute atomic E-state index is 0.653. The SMILES string of the molecule is CCc1ccccc1.Cc1ccc(-c2ccc(C)cc2)cc1.Cc1cccc(C(C)C)c1.Cc1cccc(C)c1.Cc1ccccc1. The molecule has 6 rings (SSSR count). The van der Waals surface area contributed by atoms with Crippen molar-refractivity contribution in [3.8, 4) is 11.1 Å². The fourth-order valence-electron chi connectivity index (χ4n) is 4.58. The zero-order valence-electron chi connectivity index (χ0n) is 30.3. The van der Waals surface area contributed by atoms with Gasteiger partial charge in [0.1, 0.15) is 0 Å². The Balaban J connectivity index is 0.000000210. The zero-order chi connectivity index (χ0) is 34.4. The van der Waals surface area contributed by atoms with E-state index in [2.05, 4.69) is 196 Å². The van der Waals surface area contributed by atoms with Gasteiger partial charge in [0.15, 0.2) is 0 Å². The van der Waals surface area contributed by atoms with Crippen LogP contribution in [-0.2, 0) is 6.42 Å². The van der Waals surface area contributed by atoms with E-state index in [1.54, 1.807) is 0 Å². The quantitative estimate of drug-likeness (QED) is 0.185. The normalized spacial score (nSPS) is 9.66. The summed E-state index contributed by atoms with van der Waals surface area (Å²) in [7, 11) is 0. The number of aryl methyl sites for hydroxylation is 7. The molecule has 0 N–H and O–H groups in total. The summed E-state index contributed by atoms with van der Waals surface area (Å²) in [5, 5.41) is 0. The monoisotopic (exact) mass is 620 g/mol. The highest BCUT2D eigenvalue weighted by molar-refractivity contribution is 5.63. The van der Waals surface area contributed by atoms with E-state index in [1.165, 1.54) is 55.6 Å². The van der Waals surface area contributed by atoms with Crippen molar-refractivity contribution >= 4 is 0 Å². The minimum Gasteiger partial charge on any atom is -0.0622 e. The second kappa shape index (κ2) is 22.0. The van der Waals surface area contributed by atoms with Crippen LogP contribution in [0.15, 0.2) is 158 Å². The molecule has 0 heteroatoms. The molecule has 6 aromatic rings. The van der Waals surface area contributed by atoms with Crippen molar-refractivity contribution in [2.75, 3.05) is 0 Å². The highest BCUT2D eigenvalue weighted by Gasteiger charge is 1.97. The summed E-state index contributed by atoms with van der Waals surface area (Å²) in [5.74, 6) is 0.653. The lowest BCUT2D eigenvalue weighted by Crippen LogP contribution is -1.86. The molecule has 0 atom stereocenters. The van der Waals surface area contributed by atoms with Gasteiger partial charge in [0.05, 0.1) is 0 Å². The van der Waals surface area contributed by atoms with E-state index < -0.39 is 0 Å². The van der Waals surface area contributed by atoms with Gasteiger partial charge < -0.3 is 0 Å². The molecule has 0 heterocycles. The molecule has 0 saturated heterocycles. The van der Waals surface area contributed by atoms with E-state index in [0.717, 1.165) is 6.42 Å². The average molecular weight is 621 g/mol. The van der Waals surface area contributed by atoms with E-state index in [-0.39, 0.29) is 0 Å². The summed E-state index contributed by atoms with van der Waals surface area (Å²) < 4.78 is 0. The Labute approximate surface area is 287 Å². The van der Waals surface area contributed by atoms with Gasteiger partial charge in [-0.1, -0.05) is 212 Å². The van der Waals surface area contributed by atoms with Crippen LogP contribution < -0.4 is 0 Å². The van der Waals surface area contributed by atoms with E-state index >= 15 is 0 Å². The van der Waals surface area contributed by atoms with E-state index in [1.807, 2.05) is 24.3 Å². The number of hydrogen-bond donors (Lipinski definition) is 0. The van der Waals surface area contributed by atoms with Crippen LogP contribution in [0.4, 0.5) is 0 Å². The molecule has 0 unspecified atom stereocenters. The summed E-state index contributed by atoms with van der Waals surface area (Å²) in [6, 6.07) is 55.1. The molecule has 0 radical (unpaired) electrons. The first-order valence-electron chi connectivity index (χ1n) is 16.9. The number of rotatable bonds is 3. The smallest absolute Gasteiger partial charge is 0.0184 e. The van der Waals surface area contributed by atoms with Crippen molar-refractivity contribution in [1.82, 2.24) is 0 Å². The number of benzene rings is 6. The molecular weight excluding hydrogens is 565 g/mol. The average Bonchev–Trinajstić information content (AvgIpc) is 3.07. The van der Waals surface area contributed by atoms with Crippen molar-refractivity contribution in [3.05, 3.63) is 202 Å². The Hall–Kier alpha value is -4.68. The van der Waals surface area contributed by atoms with Crippen molar-refractivity contribution in [2.24, 2.45) is 0 Å². The van der Waals surface area contributed by atoms with Gasteiger partial charge in [-0.3, -0.25) is 0 Å². The molecule has 0 amide bonds. The minimum atomic E-state index is 0.653. The highest BCUT2D eigenvalue weighted by atomic mass is 14.0. The summed E-state index contributed by atoms with van der Waals surface area (Å²) in [6.45, 7) is 19.2. The molecule has 0 bridgehead atoms. The van der Waals surface area contributed by atoms with Gasteiger partial charge in [-0.2, -0.15) is 0 Å². The highest BCUT2D eigenvalue weighted by Crippen LogP contribution is 2.20. The molecule has 0 spiro atoms. The van der Waals surface area contributed by atoms with E-state index in [4.69, 9.17) is 0 Å². The summed E-state index contributed by atoms with van der Waals surface area (Å²) >= 11 is 0. The van der Waals surface area contributed by atoms with Gasteiger partial charge in [-0.25, -0.2) is 0 Å². The Morgan fingerprint density at radius 3 is 1.00 bits per heavy atom. The van der Waals surface area contributed by atoms with E-state index in [9.17, 15) is 0 Å². The van der Waals surface area contributed by atoms with Gasteiger partial charge in [0, 0.05) is 0 Å². The Morgan fingerprint density at radius 1 is 0.362 bits per heavy atom. The van der Waals surface area contributed by atoms with Gasteiger partial charge in [0.25, 0.3) is 0 Å². The van der Waals surface area contributed by atoms with Gasteiger partial charge in [-0.15, -0.1) is 0 Å². The van der Waals surface area contributed by atoms with Crippen LogP contribution in [-0.4, -0.2) is 0 Å². The molecule has 0 aliphatic heterocycles. The van der Waals surface area contributed by atoms with Crippen molar-refractivity contribution in [1.29, 1.82) is 0 Å². The molecule has 47 heavy (non-hydrogen) atoms. The summed E-state index contributed by atoms with van der Waals surface area (Å²) in [4.78, 5) is 0. The van der Waals surface area contributed by atoms with Crippen molar-refractivity contribution in [2.45, 2.75) is 74.7 Å². The lowest BCUT2D eigenvalue weighted by atomic mass is 10.0. The second-order valence-corrected chi connectivity index (χ2v) is 12.5. The molecule has 244 valence electrons. The first-order chi connectivity index (χ1) is 22.6. The maximum Gasteiger partial charge on any atom is -0.0184 e. The topological polar surface area (TPSA) is 0 Å². The largest absolute Gasteiger partial charge is 0.0622 e. The van der Waals surface area contributed by atoms with Crippen LogP contribution >= 0.6 is 0 Å². The predicted molar refractivity (Wildman–Crippen MR) is 210 cm³/mol. The first-order valence-corrected chi connectivity index (χ1v) is 16.9. The molecule has 0 nitrogen and oxygen atoms in total. The maximum absolute atomic E-state index is 2.24. The molecule has 0 saturated carbocycles. The fraction of sp³-hybridized carbons (Fsp3) is 0.234. The third-order valence-corrected chi connectivity index (χ3v) is 7.51.